The third-order valence-electron chi connectivity index (χ3n) is 7.69. The zero-order valence-electron chi connectivity index (χ0n) is 22.3. The van der Waals surface area contributed by atoms with Crippen molar-refractivity contribution in [1.82, 2.24) is 28.8 Å². The van der Waals surface area contributed by atoms with Crippen molar-refractivity contribution < 1.29 is 9.90 Å². The van der Waals surface area contributed by atoms with Crippen LogP contribution in [0.25, 0.3) is 5.69 Å². The van der Waals surface area contributed by atoms with Crippen LogP contribution in [0.5, 0.6) is 5.88 Å². The lowest BCUT2D eigenvalue weighted by atomic mass is 9.92. The van der Waals surface area contributed by atoms with Crippen LogP contribution in [0, 0.1) is 18.3 Å². The van der Waals surface area contributed by atoms with Gasteiger partial charge in [0.2, 0.25) is 5.88 Å². The lowest BCUT2D eigenvalue weighted by molar-refractivity contribution is 0.0699. The van der Waals surface area contributed by atoms with Crippen LogP contribution < -0.4 is 5.69 Å². The Morgan fingerprint density at radius 2 is 1.95 bits per heavy atom. The smallest absolute Gasteiger partial charge is 0.336 e. The highest BCUT2D eigenvalue weighted by atomic mass is 16.3. The number of hydrogen-bond acceptors (Lipinski definition) is 6. The van der Waals surface area contributed by atoms with Crippen molar-refractivity contribution >= 4 is 5.91 Å². The summed E-state index contributed by atoms with van der Waals surface area (Å²) in [4.78, 5) is 33.3. The van der Waals surface area contributed by atoms with Gasteiger partial charge >= 0.3 is 5.69 Å². The van der Waals surface area contributed by atoms with Crippen molar-refractivity contribution in [3.8, 4) is 17.6 Å². The van der Waals surface area contributed by atoms with Crippen molar-refractivity contribution in [2.75, 3.05) is 6.54 Å². The summed E-state index contributed by atoms with van der Waals surface area (Å²) in [6.07, 6.45) is 1.97. The Labute approximate surface area is 225 Å². The van der Waals surface area contributed by atoms with Crippen molar-refractivity contribution in [3.05, 3.63) is 93.0 Å². The average molecular weight is 524 g/mol. The van der Waals surface area contributed by atoms with Crippen LogP contribution >= 0.6 is 0 Å². The summed E-state index contributed by atoms with van der Waals surface area (Å²) >= 11 is 0. The number of pyridine rings is 1. The summed E-state index contributed by atoms with van der Waals surface area (Å²) in [5.74, 6) is -0.382. The molecule has 2 bridgehead atoms. The Kier molecular flexibility index (Phi) is 5.50. The molecule has 4 aromatic rings. The van der Waals surface area contributed by atoms with E-state index in [1.807, 2.05) is 42.5 Å². The molecular formula is C29H29N7O3. The number of aromatic nitrogens is 5. The van der Waals surface area contributed by atoms with Crippen molar-refractivity contribution in [3.63, 3.8) is 0 Å². The van der Waals surface area contributed by atoms with Crippen LogP contribution in [0.4, 0.5) is 0 Å². The van der Waals surface area contributed by atoms with Gasteiger partial charge in [0, 0.05) is 12.0 Å². The molecular weight excluding hydrogens is 494 g/mol. The summed E-state index contributed by atoms with van der Waals surface area (Å²) in [6.45, 7) is 8.74. The van der Waals surface area contributed by atoms with Crippen LogP contribution in [0.2, 0.25) is 0 Å². The number of aryl methyl sites for hydroxylation is 1. The molecule has 1 N–H and O–H groups in total. The van der Waals surface area contributed by atoms with Crippen molar-refractivity contribution in [1.29, 1.82) is 5.26 Å². The van der Waals surface area contributed by atoms with Crippen LogP contribution in [0.1, 0.15) is 78.0 Å². The molecule has 39 heavy (non-hydrogen) atoms. The number of nitrogens with zero attached hydrogens (tertiary/aromatic N) is 7. The fourth-order valence-corrected chi connectivity index (χ4v) is 5.68. The molecule has 6 rings (SSSR count). The summed E-state index contributed by atoms with van der Waals surface area (Å²) in [7, 11) is 0. The van der Waals surface area contributed by atoms with Gasteiger partial charge in [-0.3, -0.25) is 14.0 Å². The molecule has 0 aliphatic carbocycles. The first-order chi connectivity index (χ1) is 18.6. The molecule has 10 heteroatoms. The maximum absolute atomic E-state index is 14.0. The number of amides is 1. The van der Waals surface area contributed by atoms with Gasteiger partial charge in [-0.05, 0) is 36.6 Å². The molecule has 1 fully saturated rings. The van der Waals surface area contributed by atoms with E-state index in [-0.39, 0.29) is 34.6 Å². The number of carbonyl (C=O) groups excluding carboxylic acids is 1. The summed E-state index contributed by atoms with van der Waals surface area (Å²) in [5.41, 5.74) is 3.39. The Bertz CT molecular complexity index is 1720. The van der Waals surface area contributed by atoms with Gasteiger partial charge in [0.15, 0.2) is 0 Å². The minimum atomic E-state index is -0.443. The van der Waals surface area contributed by atoms with Crippen LogP contribution in [-0.2, 0) is 12.0 Å². The van der Waals surface area contributed by atoms with E-state index in [1.165, 1.54) is 10.8 Å². The van der Waals surface area contributed by atoms with Crippen LogP contribution in [0.15, 0.2) is 53.5 Å². The predicted molar refractivity (Wildman–Crippen MR) is 143 cm³/mol. The Morgan fingerprint density at radius 3 is 2.62 bits per heavy atom. The second-order valence-electron chi connectivity index (χ2n) is 11.3. The van der Waals surface area contributed by atoms with Crippen LogP contribution in [0.3, 0.4) is 0 Å². The first-order valence-electron chi connectivity index (χ1n) is 12.9. The van der Waals surface area contributed by atoms with E-state index in [0.29, 0.717) is 42.1 Å². The molecule has 5 heterocycles. The van der Waals surface area contributed by atoms with Gasteiger partial charge in [-0.25, -0.2) is 14.3 Å². The number of likely N-dealkylation sites (tertiary alicyclic amines) is 1. The highest BCUT2D eigenvalue weighted by Gasteiger charge is 2.50. The molecule has 2 aliphatic rings. The fourth-order valence-electron chi connectivity index (χ4n) is 5.68. The molecule has 1 amide bonds. The highest BCUT2D eigenvalue weighted by molar-refractivity contribution is 5.93. The fraction of sp³-hybridized carbons (Fsp3) is 0.345. The van der Waals surface area contributed by atoms with Gasteiger partial charge in [-0.1, -0.05) is 51.1 Å². The molecule has 1 aromatic carbocycles. The second kappa shape index (κ2) is 8.70. The van der Waals surface area contributed by atoms with E-state index in [4.69, 9.17) is 5.10 Å². The largest absolute Gasteiger partial charge is 0.493 e. The predicted octanol–water partition coefficient (Wildman–Crippen LogP) is 3.60. The second-order valence-corrected chi connectivity index (χ2v) is 11.3. The summed E-state index contributed by atoms with van der Waals surface area (Å²) in [6, 6.07) is 14.7. The molecule has 0 radical (unpaired) electrons. The highest BCUT2D eigenvalue weighted by Crippen LogP contribution is 2.49. The normalized spacial score (nSPS) is 17.9. The minimum absolute atomic E-state index is 0.178. The third-order valence-corrected chi connectivity index (χ3v) is 7.69. The van der Waals surface area contributed by atoms with Gasteiger partial charge in [-0.2, -0.15) is 10.4 Å². The standard InChI is InChI=1S/C29H29N7O3/c1-17-10-19(14-31-21(17)13-30)36-27(38)25-22-11-20(35(25)28(36)39)16-33(22)26(37)23-12-24(29(2,3)4)32-34(23)15-18-8-6-5-7-9-18/h5-10,12,14,20,22,38H,11,15-16H2,1-4H3/t20-,22-/m0/s1. The molecule has 0 unspecified atom stereocenters. The van der Waals surface area contributed by atoms with Gasteiger partial charge in [-0.15, -0.1) is 0 Å². The van der Waals surface area contributed by atoms with Gasteiger partial charge in [0.05, 0.1) is 36.2 Å². The molecule has 0 saturated carbocycles. The molecule has 2 atom stereocenters. The Morgan fingerprint density at radius 1 is 1.21 bits per heavy atom. The first kappa shape index (κ1) is 24.7. The van der Waals surface area contributed by atoms with E-state index in [1.54, 1.807) is 27.1 Å². The van der Waals surface area contributed by atoms with Crippen molar-refractivity contribution in [2.24, 2.45) is 0 Å². The van der Waals surface area contributed by atoms with Gasteiger partial charge < -0.3 is 10.0 Å². The number of fused-ring (bicyclic) bond motifs is 5. The lowest BCUT2D eigenvalue weighted by Crippen LogP contribution is -2.38. The SMILES string of the molecule is Cc1cc(-n2c(O)c3n(c2=O)[C@H]2C[C@@H]3N(C(=O)c3cc(C(C)(C)C)nn3Cc3ccccc3)C2)cnc1C#N. The van der Waals surface area contributed by atoms with Crippen LogP contribution in [-0.4, -0.2) is 46.4 Å². The maximum Gasteiger partial charge on any atom is 0.336 e. The third kappa shape index (κ3) is 3.84. The zero-order valence-corrected chi connectivity index (χ0v) is 22.3. The van der Waals surface area contributed by atoms with E-state index < -0.39 is 6.04 Å². The molecule has 0 spiro atoms. The number of rotatable bonds is 4. The number of imidazole rings is 1. The first-order valence-corrected chi connectivity index (χ1v) is 12.9. The number of nitriles is 1. The van der Waals surface area contributed by atoms with Gasteiger partial charge in [0.25, 0.3) is 5.91 Å². The monoisotopic (exact) mass is 523 g/mol. The van der Waals surface area contributed by atoms with E-state index in [9.17, 15) is 20.0 Å². The topological polar surface area (TPSA) is 122 Å². The average Bonchev–Trinajstić information content (AvgIpc) is 3.66. The van der Waals surface area contributed by atoms with E-state index in [0.717, 1.165) is 11.3 Å². The Balaban J connectivity index is 1.38. The van der Waals surface area contributed by atoms with Gasteiger partial charge in [0.1, 0.15) is 23.2 Å². The minimum Gasteiger partial charge on any atom is -0.493 e. The maximum atomic E-state index is 14.0. The lowest BCUT2D eigenvalue weighted by Gasteiger charge is -2.27. The zero-order chi connectivity index (χ0) is 27.6. The quantitative estimate of drug-likeness (QED) is 0.436. The molecule has 3 aromatic heterocycles. The number of carbonyl (C=O) groups is 1. The number of aromatic hydroxyl groups is 1. The Hall–Kier alpha value is -4.65. The number of hydrogen-bond donors (Lipinski definition) is 1. The molecule has 1 saturated heterocycles. The van der Waals surface area contributed by atoms with E-state index >= 15 is 0 Å². The molecule has 198 valence electrons. The summed E-state index contributed by atoms with van der Waals surface area (Å²) < 4.78 is 4.56. The summed E-state index contributed by atoms with van der Waals surface area (Å²) in [5, 5.41) is 25.3. The molecule has 2 aliphatic heterocycles. The number of benzene rings is 1. The molecule has 10 nitrogen and oxygen atoms in total. The van der Waals surface area contributed by atoms with Crippen molar-refractivity contribution in [2.45, 2.75) is 58.2 Å². The van der Waals surface area contributed by atoms with E-state index in [2.05, 4.69) is 25.8 Å².